The molecule has 0 spiro atoms. The van der Waals surface area contributed by atoms with Crippen LogP contribution in [0.5, 0.6) is 0 Å². The van der Waals surface area contributed by atoms with Crippen molar-refractivity contribution >= 4 is 5.91 Å². The summed E-state index contributed by atoms with van der Waals surface area (Å²) in [6.45, 7) is 2.77. The molecule has 0 saturated carbocycles. The fraction of sp³-hybridized carbons (Fsp3) is 0.875. The van der Waals surface area contributed by atoms with Gasteiger partial charge in [0.1, 0.15) is 0 Å². The average molecular weight is 189 g/mol. The van der Waals surface area contributed by atoms with E-state index in [-0.39, 0.29) is 25.0 Å². The number of hydrogen-bond donors (Lipinski definition) is 2. The first-order valence-electron chi connectivity index (χ1n) is 4.36. The molecule has 0 bridgehead atoms. The fourth-order valence-electron chi connectivity index (χ4n) is 1.06. The minimum absolute atomic E-state index is 0.0574. The van der Waals surface area contributed by atoms with Crippen molar-refractivity contribution in [3.8, 4) is 0 Å². The molecule has 0 aromatic heterocycles. The first kappa shape index (κ1) is 10.4. The standard InChI is InChI=1S/C8H15NO4/c1-6(5-10)9-7(11)4-8-12-2-3-13-8/h6,8,10H,2-5H2,1H3,(H,9,11)/t6-/m0/s1. The van der Waals surface area contributed by atoms with Crippen LogP contribution in [0.1, 0.15) is 13.3 Å². The van der Waals surface area contributed by atoms with Gasteiger partial charge in [-0.2, -0.15) is 0 Å². The quantitative estimate of drug-likeness (QED) is 0.610. The SMILES string of the molecule is C[C@@H](CO)NC(=O)CC1OCCO1. The summed E-state index contributed by atoms with van der Waals surface area (Å²) in [6.07, 6.45) is -0.212. The molecular formula is C8H15NO4. The van der Waals surface area contributed by atoms with Crippen LogP contribution >= 0.6 is 0 Å². The van der Waals surface area contributed by atoms with Gasteiger partial charge in [0.2, 0.25) is 5.91 Å². The number of carbonyl (C=O) groups excluding carboxylic acids is 1. The fourth-order valence-corrected chi connectivity index (χ4v) is 1.06. The molecule has 1 fully saturated rings. The smallest absolute Gasteiger partial charge is 0.225 e. The number of nitrogens with one attached hydrogen (secondary N) is 1. The summed E-state index contributed by atoms with van der Waals surface area (Å²) >= 11 is 0. The van der Waals surface area contributed by atoms with Gasteiger partial charge in [-0.1, -0.05) is 0 Å². The molecule has 5 heteroatoms. The lowest BCUT2D eigenvalue weighted by Gasteiger charge is -2.12. The lowest BCUT2D eigenvalue weighted by atomic mass is 10.3. The molecule has 1 aliphatic rings. The third-order valence-corrected chi connectivity index (χ3v) is 1.72. The van der Waals surface area contributed by atoms with Crippen molar-refractivity contribution in [3.05, 3.63) is 0 Å². The number of amides is 1. The average Bonchev–Trinajstić information content (AvgIpc) is 2.56. The van der Waals surface area contributed by atoms with E-state index in [2.05, 4.69) is 5.32 Å². The minimum Gasteiger partial charge on any atom is -0.394 e. The van der Waals surface area contributed by atoms with Crippen LogP contribution in [0.4, 0.5) is 0 Å². The maximum absolute atomic E-state index is 11.2. The van der Waals surface area contributed by atoms with Crippen molar-refractivity contribution < 1.29 is 19.4 Å². The predicted octanol–water partition coefficient (Wildman–Crippen LogP) is -0.754. The number of ether oxygens (including phenoxy) is 2. The topological polar surface area (TPSA) is 67.8 Å². The molecule has 0 aromatic rings. The van der Waals surface area contributed by atoms with Crippen LogP contribution < -0.4 is 5.32 Å². The zero-order chi connectivity index (χ0) is 9.68. The van der Waals surface area contributed by atoms with Gasteiger partial charge in [0.15, 0.2) is 6.29 Å². The van der Waals surface area contributed by atoms with E-state index in [0.29, 0.717) is 13.2 Å². The predicted molar refractivity (Wildman–Crippen MR) is 45.0 cm³/mol. The third kappa shape index (κ3) is 3.71. The Labute approximate surface area is 77.0 Å². The molecule has 13 heavy (non-hydrogen) atoms. The van der Waals surface area contributed by atoms with E-state index in [1.807, 2.05) is 0 Å². The Hall–Kier alpha value is -0.650. The molecule has 0 aromatic carbocycles. The van der Waals surface area contributed by atoms with Gasteiger partial charge < -0.3 is 19.9 Å². The molecule has 0 unspecified atom stereocenters. The third-order valence-electron chi connectivity index (χ3n) is 1.72. The molecule has 0 radical (unpaired) electrons. The van der Waals surface area contributed by atoms with Crippen LogP contribution in [0.25, 0.3) is 0 Å². The van der Waals surface area contributed by atoms with Crippen molar-refractivity contribution in [1.29, 1.82) is 0 Å². The van der Waals surface area contributed by atoms with Gasteiger partial charge in [-0.25, -0.2) is 0 Å². The molecule has 0 aliphatic carbocycles. The highest BCUT2D eigenvalue weighted by Crippen LogP contribution is 2.07. The lowest BCUT2D eigenvalue weighted by molar-refractivity contribution is -0.130. The number of rotatable bonds is 4. The largest absolute Gasteiger partial charge is 0.394 e. The Morgan fingerprint density at radius 2 is 2.23 bits per heavy atom. The van der Waals surface area contributed by atoms with Crippen molar-refractivity contribution in [2.24, 2.45) is 0 Å². The van der Waals surface area contributed by atoms with Gasteiger partial charge in [-0.05, 0) is 6.92 Å². The molecule has 5 nitrogen and oxygen atoms in total. The van der Waals surface area contributed by atoms with Crippen LogP contribution in [-0.4, -0.2) is 43.2 Å². The van der Waals surface area contributed by atoms with E-state index in [9.17, 15) is 4.79 Å². The van der Waals surface area contributed by atoms with Crippen molar-refractivity contribution in [2.45, 2.75) is 25.7 Å². The van der Waals surface area contributed by atoms with Gasteiger partial charge in [0.25, 0.3) is 0 Å². The summed E-state index contributed by atoms with van der Waals surface area (Å²) in [4.78, 5) is 11.2. The van der Waals surface area contributed by atoms with E-state index in [0.717, 1.165) is 0 Å². The van der Waals surface area contributed by atoms with E-state index in [4.69, 9.17) is 14.6 Å². The van der Waals surface area contributed by atoms with Gasteiger partial charge in [0.05, 0.1) is 26.2 Å². The van der Waals surface area contributed by atoms with Crippen LogP contribution in [0.3, 0.4) is 0 Å². The molecule has 1 atom stereocenters. The first-order valence-corrected chi connectivity index (χ1v) is 4.36. The summed E-state index contributed by atoms with van der Waals surface area (Å²) in [5, 5.41) is 11.3. The Morgan fingerprint density at radius 1 is 1.62 bits per heavy atom. The van der Waals surface area contributed by atoms with Crippen LogP contribution in [0, 0.1) is 0 Å². The van der Waals surface area contributed by atoms with Gasteiger partial charge >= 0.3 is 0 Å². The van der Waals surface area contributed by atoms with E-state index in [1.54, 1.807) is 6.92 Å². The molecular weight excluding hydrogens is 174 g/mol. The molecule has 1 rings (SSSR count). The van der Waals surface area contributed by atoms with Crippen molar-refractivity contribution in [3.63, 3.8) is 0 Å². The van der Waals surface area contributed by atoms with Crippen LogP contribution in [0.15, 0.2) is 0 Å². The van der Waals surface area contributed by atoms with Gasteiger partial charge in [0, 0.05) is 6.04 Å². The Bertz CT molecular complexity index is 168. The highest BCUT2D eigenvalue weighted by molar-refractivity contribution is 5.76. The summed E-state index contributed by atoms with van der Waals surface area (Å²) < 4.78 is 10.2. The summed E-state index contributed by atoms with van der Waals surface area (Å²) in [5.74, 6) is -0.159. The first-order chi connectivity index (χ1) is 6.22. The highest BCUT2D eigenvalue weighted by atomic mass is 16.7. The maximum atomic E-state index is 11.2. The summed E-state index contributed by atoms with van der Waals surface area (Å²) in [5.41, 5.74) is 0. The maximum Gasteiger partial charge on any atom is 0.225 e. The Kier molecular flexibility index (Phi) is 4.14. The zero-order valence-corrected chi connectivity index (χ0v) is 7.66. The Balaban J connectivity index is 2.16. The number of aliphatic hydroxyl groups excluding tert-OH is 1. The molecule has 1 amide bonds. The van der Waals surface area contributed by atoms with Crippen molar-refractivity contribution in [2.75, 3.05) is 19.8 Å². The zero-order valence-electron chi connectivity index (χ0n) is 7.66. The second-order valence-corrected chi connectivity index (χ2v) is 3.03. The summed E-state index contributed by atoms with van der Waals surface area (Å²) in [7, 11) is 0. The number of aliphatic hydroxyl groups is 1. The summed E-state index contributed by atoms with van der Waals surface area (Å²) in [6, 6.07) is -0.214. The molecule has 76 valence electrons. The van der Waals surface area contributed by atoms with Gasteiger partial charge in [-0.15, -0.1) is 0 Å². The van der Waals surface area contributed by atoms with E-state index >= 15 is 0 Å². The second-order valence-electron chi connectivity index (χ2n) is 3.03. The molecule has 1 saturated heterocycles. The van der Waals surface area contributed by atoms with Crippen LogP contribution in [0.2, 0.25) is 0 Å². The monoisotopic (exact) mass is 189 g/mol. The minimum atomic E-state index is -0.411. The highest BCUT2D eigenvalue weighted by Gasteiger charge is 2.20. The second kappa shape index (κ2) is 5.16. The molecule has 2 N–H and O–H groups in total. The van der Waals surface area contributed by atoms with E-state index in [1.165, 1.54) is 0 Å². The Morgan fingerprint density at radius 3 is 2.77 bits per heavy atom. The van der Waals surface area contributed by atoms with E-state index < -0.39 is 6.29 Å². The molecule has 1 heterocycles. The lowest BCUT2D eigenvalue weighted by Crippen LogP contribution is -2.36. The number of hydrogen-bond acceptors (Lipinski definition) is 4. The van der Waals surface area contributed by atoms with Crippen LogP contribution in [-0.2, 0) is 14.3 Å². The van der Waals surface area contributed by atoms with Crippen molar-refractivity contribution in [1.82, 2.24) is 5.32 Å². The molecule has 1 aliphatic heterocycles. The number of carbonyl (C=O) groups is 1. The normalized spacial score (nSPS) is 20.2. The van der Waals surface area contributed by atoms with Gasteiger partial charge in [-0.3, -0.25) is 4.79 Å².